The minimum absolute atomic E-state index is 0.114. The topological polar surface area (TPSA) is 47.6 Å². The average Bonchev–Trinajstić information content (AvgIpc) is 2.68. The number of alkyl halides is 1. The Morgan fingerprint density at radius 1 is 1.12 bits per heavy atom. The molecule has 2 rings (SSSR count). The molecule has 5 heteroatoms. The zero-order chi connectivity index (χ0) is 18.8. The molecule has 0 saturated heterocycles. The summed E-state index contributed by atoms with van der Waals surface area (Å²) >= 11 is 5.55. The number of ether oxygens (including phenoxy) is 2. The molecule has 0 aliphatic heterocycles. The van der Waals surface area contributed by atoms with Gasteiger partial charge in [0.2, 0.25) is 5.91 Å². The Morgan fingerprint density at radius 2 is 1.81 bits per heavy atom. The third kappa shape index (κ3) is 6.30. The predicted octanol–water partition coefficient (Wildman–Crippen LogP) is 5.27. The number of benzene rings is 2. The van der Waals surface area contributed by atoms with Crippen LogP contribution in [0.5, 0.6) is 5.75 Å². The minimum atomic E-state index is -0.289. The van der Waals surface area contributed by atoms with E-state index in [1.165, 1.54) is 0 Å². The molecule has 0 atom stereocenters. The summed E-state index contributed by atoms with van der Waals surface area (Å²) in [5.41, 5.74) is 1.66. The molecule has 1 N–H and O–H groups in total. The summed E-state index contributed by atoms with van der Waals surface area (Å²) in [6, 6.07) is 17.1. The Bertz CT molecular complexity index is 785. The second-order valence-electron chi connectivity index (χ2n) is 5.50. The first-order valence-electron chi connectivity index (χ1n) is 8.26. The fourth-order valence-corrected chi connectivity index (χ4v) is 2.22. The summed E-state index contributed by atoms with van der Waals surface area (Å²) in [6.45, 7) is 4.23. The van der Waals surface area contributed by atoms with Gasteiger partial charge in [0, 0.05) is 6.08 Å². The normalized spacial score (nSPS) is 11.8. The smallest absolute Gasteiger partial charge is 0.239 e. The zero-order valence-corrected chi connectivity index (χ0v) is 15.6. The molecule has 0 saturated carbocycles. The Labute approximate surface area is 159 Å². The first-order chi connectivity index (χ1) is 12.6. The Balaban J connectivity index is 2.04. The van der Waals surface area contributed by atoms with Gasteiger partial charge in [0.25, 0.3) is 0 Å². The van der Waals surface area contributed by atoms with E-state index in [0.29, 0.717) is 23.8 Å². The van der Waals surface area contributed by atoms with Gasteiger partial charge in [0.15, 0.2) is 5.75 Å². The number of allylic oxidation sites excluding steroid dienone is 3. The van der Waals surface area contributed by atoms with Crippen LogP contribution in [0, 0.1) is 0 Å². The highest BCUT2D eigenvalue weighted by molar-refractivity contribution is 6.29. The van der Waals surface area contributed by atoms with Gasteiger partial charge in [-0.25, -0.2) is 0 Å². The molecule has 0 aromatic heterocycles. The Morgan fingerprint density at radius 3 is 2.50 bits per heavy atom. The fraction of sp³-hybridized carbons (Fsp3) is 0.190. The first-order valence-corrected chi connectivity index (χ1v) is 8.80. The van der Waals surface area contributed by atoms with Crippen molar-refractivity contribution in [3.63, 3.8) is 0 Å². The number of hydrogen-bond donors (Lipinski definition) is 1. The number of carbonyl (C=O) groups excluding carboxylic acids is 1. The van der Waals surface area contributed by atoms with E-state index in [-0.39, 0.29) is 11.8 Å². The maximum atomic E-state index is 11.5. The van der Waals surface area contributed by atoms with Crippen molar-refractivity contribution in [1.82, 2.24) is 0 Å². The van der Waals surface area contributed by atoms with Gasteiger partial charge >= 0.3 is 0 Å². The first kappa shape index (κ1) is 19.6. The van der Waals surface area contributed by atoms with Crippen LogP contribution >= 0.6 is 11.6 Å². The van der Waals surface area contributed by atoms with Crippen molar-refractivity contribution >= 4 is 23.2 Å². The minimum Gasteiger partial charge on any atom is -0.493 e. The monoisotopic (exact) mass is 371 g/mol. The van der Waals surface area contributed by atoms with E-state index in [9.17, 15) is 4.79 Å². The van der Waals surface area contributed by atoms with Crippen LogP contribution in [-0.4, -0.2) is 11.8 Å². The standard InChI is InChI=1S/C21H22ClNO3/c1-3-18(13-16(2)25-15-17-9-5-4-6-10-17)26-20-12-8-7-11-19(20)23-21(24)14-22/h3-13H,14-15H2,1-2H3,(H,23,24)/b16-13+,18-3+. The van der Waals surface area contributed by atoms with Crippen LogP contribution < -0.4 is 10.1 Å². The van der Waals surface area contributed by atoms with Gasteiger partial charge in [-0.05, 0) is 37.6 Å². The maximum absolute atomic E-state index is 11.5. The van der Waals surface area contributed by atoms with Gasteiger partial charge in [-0.2, -0.15) is 0 Å². The molecule has 0 radical (unpaired) electrons. The highest BCUT2D eigenvalue weighted by atomic mass is 35.5. The summed E-state index contributed by atoms with van der Waals surface area (Å²) in [5, 5.41) is 2.71. The molecule has 136 valence electrons. The number of anilines is 1. The van der Waals surface area contributed by atoms with Crippen molar-refractivity contribution in [2.24, 2.45) is 0 Å². The van der Waals surface area contributed by atoms with Crippen molar-refractivity contribution in [2.45, 2.75) is 20.5 Å². The Kier molecular flexibility index (Phi) is 7.77. The lowest BCUT2D eigenvalue weighted by atomic mass is 10.2. The van der Waals surface area contributed by atoms with Crippen LogP contribution in [0.4, 0.5) is 5.69 Å². The van der Waals surface area contributed by atoms with Gasteiger partial charge < -0.3 is 14.8 Å². The Hall–Kier alpha value is -2.72. The molecule has 2 aromatic rings. The molecule has 0 unspecified atom stereocenters. The molecular formula is C21H22ClNO3. The number of para-hydroxylation sites is 2. The highest BCUT2D eigenvalue weighted by Crippen LogP contribution is 2.26. The molecule has 2 aromatic carbocycles. The second-order valence-corrected chi connectivity index (χ2v) is 5.77. The van der Waals surface area contributed by atoms with Gasteiger partial charge in [-0.15, -0.1) is 11.6 Å². The maximum Gasteiger partial charge on any atom is 0.239 e. The van der Waals surface area contributed by atoms with Crippen LogP contribution in [0.3, 0.4) is 0 Å². The summed E-state index contributed by atoms with van der Waals surface area (Å²) in [4.78, 5) is 11.5. The largest absolute Gasteiger partial charge is 0.493 e. The average molecular weight is 372 g/mol. The number of nitrogens with one attached hydrogen (secondary N) is 1. The molecule has 0 heterocycles. The van der Waals surface area contributed by atoms with Crippen LogP contribution in [0.2, 0.25) is 0 Å². The fourth-order valence-electron chi connectivity index (χ4n) is 2.15. The lowest BCUT2D eigenvalue weighted by Crippen LogP contribution is -2.13. The molecule has 0 fully saturated rings. The van der Waals surface area contributed by atoms with E-state index < -0.39 is 0 Å². The number of hydrogen-bond acceptors (Lipinski definition) is 3. The van der Waals surface area contributed by atoms with Crippen LogP contribution in [-0.2, 0) is 16.1 Å². The molecule has 0 aliphatic rings. The number of halogens is 1. The van der Waals surface area contributed by atoms with E-state index in [4.69, 9.17) is 21.1 Å². The number of amides is 1. The summed E-state index contributed by atoms with van der Waals surface area (Å²) in [7, 11) is 0. The molecule has 0 bridgehead atoms. The van der Waals surface area contributed by atoms with E-state index in [0.717, 1.165) is 11.3 Å². The number of carbonyl (C=O) groups is 1. The molecule has 0 aliphatic carbocycles. The molecular weight excluding hydrogens is 350 g/mol. The quantitative estimate of drug-likeness (QED) is 0.391. The summed E-state index contributed by atoms with van der Waals surface area (Å²) in [6.07, 6.45) is 3.64. The van der Waals surface area contributed by atoms with E-state index in [1.807, 2.05) is 68.5 Å². The van der Waals surface area contributed by atoms with E-state index in [1.54, 1.807) is 12.1 Å². The van der Waals surface area contributed by atoms with Gasteiger partial charge in [-0.1, -0.05) is 42.5 Å². The summed E-state index contributed by atoms with van der Waals surface area (Å²) in [5.74, 6) is 1.47. The molecule has 26 heavy (non-hydrogen) atoms. The number of rotatable bonds is 8. The molecule has 4 nitrogen and oxygen atoms in total. The van der Waals surface area contributed by atoms with Crippen LogP contribution in [0.15, 0.2) is 78.3 Å². The van der Waals surface area contributed by atoms with Crippen LogP contribution in [0.1, 0.15) is 19.4 Å². The predicted molar refractivity (Wildman–Crippen MR) is 105 cm³/mol. The third-order valence-electron chi connectivity index (χ3n) is 3.45. The van der Waals surface area contributed by atoms with Crippen molar-refractivity contribution in [3.05, 3.63) is 83.8 Å². The second kappa shape index (κ2) is 10.3. The van der Waals surface area contributed by atoms with Gasteiger partial charge in [-0.3, -0.25) is 4.79 Å². The van der Waals surface area contributed by atoms with Crippen molar-refractivity contribution in [3.8, 4) is 5.75 Å². The van der Waals surface area contributed by atoms with E-state index in [2.05, 4.69) is 5.32 Å². The van der Waals surface area contributed by atoms with Gasteiger partial charge in [0.1, 0.15) is 18.2 Å². The van der Waals surface area contributed by atoms with Gasteiger partial charge in [0.05, 0.1) is 11.4 Å². The van der Waals surface area contributed by atoms with E-state index >= 15 is 0 Å². The molecule has 0 spiro atoms. The van der Waals surface area contributed by atoms with Crippen molar-refractivity contribution in [1.29, 1.82) is 0 Å². The molecule has 1 amide bonds. The zero-order valence-electron chi connectivity index (χ0n) is 14.9. The highest BCUT2D eigenvalue weighted by Gasteiger charge is 2.08. The third-order valence-corrected chi connectivity index (χ3v) is 3.69. The van der Waals surface area contributed by atoms with Crippen molar-refractivity contribution < 1.29 is 14.3 Å². The van der Waals surface area contributed by atoms with Crippen molar-refractivity contribution in [2.75, 3.05) is 11.2 Å². The SMILES string of the molecule is C/C=C(\C=C(/C)OCc1ccccc1)Oc1ccccc1NC(=O)CCl. The lowest BCUT2D eigenvalue weighted by molar-refractivity contribution is -0.113. The van der Waals surface area contributed by atoms with Crippen LogP contribution in [0.25, 0.3) is 0 Å². The lowest BCUT2D eigenvalue weighted by Gasteiger charge is -2.13. The summed E-state index contributed by atoms with van der Waals surface area (Å²) < 4.78 is 11.7.